The van der Waals surface area contributed by atoms with Gasteiger partial charge in [0.1, 0.15) is 0 Å². The van der Waals surface area contributed by atoms with Gasteiger partial charge in [-0.1, -0.05) is 36.1 Å². The molecule has 2 aromatic carbocycles. The molecular weight excluding hydrogens is 244 g/mol. The van der Waals surface area contributed by atoms with Gasteiger partial charge in [-0.15, -0.1) is 0 Å². The van der Waals surface area contributed by atoms with E-state index in [1.54, 1.807) is 0 Å². The van der Waals surface area contributed by atoms with E-state index in [1.807, 2.05) is 42.5 Å². The summed E-state index contributed by atoms with van der Waals surface area (Å²) in [6, 6.07) is 16.3. The highest BCUT2D eigenvalue weighted by Gasteiger charge is 2.17. The second-order valence-corrected chi connectivity index (χ2v) is 5.04. The van der Waals surface area contributed by atoms with Crippen molar-refractivity contribution in [2.45, 2.75) is 12.8 Å². The zero-order valence-corrected chi connectivity index (χ0v) is 11.5. The molecule has 0 radical (unpaired) electrons. The van der Waals surface area contributed by atoms with Crippen LogP contribution in [-0.2, 0) is 6.42 Å². The smallest absolute Gasteiger partial charge is 0.0798 e. The SMILES string of the molecule is Nc1cccc2c1CCCN2CC#Cc1ccccc1. The summed E-state index contributed by atoms with van der Waals surface area (Å²) in [7, 11) is 0. The van der Waals surface area contributed by atoms with Crippen LogP contribution in [-0.4, -0.2) is 13.1 Å². The highest BCUT2D eigenvalue weighted by Crippen LogP contribution is 2.30. The van der Waals surface area contributed by atoms with Gasteiger partial charge in [0.15, 0.2) is 0 Å². The minimum Gasteiger partial charge on any atom is -0.398 e. The number of anilines is 2. The van der Waals surface area contributed by atoms with E-state index in [0.717, 1.165) is 37.2 Å². The second kappa shape index (κ2) is 5.71. The molecule has 100 valence electrons. The first-order chi connectivity index (χ1) is 9.84. The standard InChI is InChI=1S/C18H18N2/c19-17-11-4-12-18-16(17)10-6-14-20(18)13-5-9-15-7-2-1-3-8-15/h1-4,7-8,11-12H,6,10,13-14,19H2. The van der Waals surface area contributed by atoms with E-state index in [4.69, 9.17) is 5.73 Å². The molecule has 1 aliphatic heterocycles. The Morgan fingerprint density at radius 3 is 2.75 bits per heavy atom. The van der Waals surface area contributed by atoms with Crippen molar-refractivity contribution in [3.63, 3.8) is 0 Å². The summed E-state index contributed by atoms with van der Waals surface area (Å²) in [5.74, 6) is 6.48. The first-order valence-corrected chi connectivity index (χ1v) is 7.01. The Kier molecular flexibility index (Phi) is 3.60. The van der Waals surface area contributed by atoms with E-state index in [0.29, 0.717) is 0 Å². The van der Waals surface area contributed by atoms with Crippen LogP contribution < -0.4 is 10.6 Å². The number of nitrogens with zero attached hydrogens (tertiary/aromatic N) is 1. The molecule has 0 amide bonds. The van der Waals surface area contributed by atoms with Crippen molar-refractivity contribution in [2.24, 2.45) is 0 Å². The lowest BCUT2D eigenvalue weighted by molar-refractivity contribution is 0.728. The van der Waals surface area contributed by atoms with Crippen LogP contribution in [0.3, 0.4) is 0 Å². The maximum Gasteiger partial charge on any atom is 0.0798 e. The van der Waals surface area contributed by atoms with Crippen LogP contribution in [0.25, 0.3) is 0 Å². The molecule has 0 unspecified atom stereocenters. The highest BCUT2D eigenvalue weighted by molar-refractivity contribution is 5.66. The third-order valence-electron chi connectivity index (χ3n) is 3.66. The maximum atomic E-state index is 6.06. The summed E-state index contributed by atoms with van der Waals surface area (Å²) in [4.78, 5) is 2.32. The summed E-state index contributed by atoms with van der Waals surface area (Å²) in [6.45, 7) is 1.81. The molecule has 0 aromatic heterocycles. The Balaban J connectivity index is 1.78. The molecule has 2 nitrogen and oxygen atoms in total. The first kappa shape index (κ1) is 12.6. The molecule has 0 spiro atoms. The van der Waals surface area contributed by atoms with Gasteiger partial charge in [0.25, 0.3) is 0 Å². The minimum absolute atomic E-state index is 0.755. The van der Waals surface area contributed by atoms with Crippen molar-refractivity contribution < 1.29 is 0 Å². The molecule has 2 aromatic rings. The summed E-state index contributed by atoms with van der Waals surface area (Å²) in [6.07, 6.45) is 2.22. The lowest BCUT2D eigenvalue weighted by atomic mass is 10.00. The topological polar surface area (TPSA) is 29.3 Å². The van der Waals surface area contributed by atoms with Crippen molar-refractivity contribution >= 4 is 11.4 Å². The molecule has 0 atom stereocenters. The summed E-state index contributed by atoms with van der Waals surface area (Å²) in [5, 5.41) is 0. The quantitative estimate of drug-likeness (QED) is 0.632. The molecular formula is C18H18N2. The van der Waals surface area contributed by atoms with Crippen LogP contribution in [0, 0.1) is 11.8 Å². The van der Waals surface area contributed by atoms with Crippen molar-refractivity contribution in [2.75, 3.05) is 23.7 Å². The van der Waals surface area contributed by atoms with Gasteiger partial charge in [-0.05, 0) is 42.7 Å². The average molecular weight is 262 g/mol. The molecule has 1 heterocycles. The number of nitrogen functional groups attached to an aromatic ring is 1. The normalized spacial score (nSPS) is 13.3. The Morgan fingerprint density at radius 2 is 1.90 bits per heavy atom. The van der Waals surface area contributed by atoms with Gasteiger partial charge in [-0.2, -0.15) is 0 Å². The first-order valence-electron chi connectivity index (χ1n) is 7.01. The molecule has 1 aliphatic rings. The number of hydrogen-bond donors (Lipinski definition) is 1. The third kappa shape index (κ3) is 2.62. The Labute approximate surface area is 120 Å². The largest absolute Gasteiger partial charge is 0.398 e. The molecule has 0 aliphatic carbocycles. The van der Waals surface area contributed by atoms with Gasteiger partial charge in [-0.3, -0.25) is 0 Å². The third-order valence-corrected chi connectivity index (χ3v) is 3.66. The molecule has 0 saturated carbocycles. The van der Waals surface area contributed by atoms with Crippen LogP contribution in [0.4, 0.5) is 11.4 Å². The zero-order valence-electron chi connectivity index (χ0n) is 11.5. The van der Waals surface area contributed by atoms with E-state index in [9.17, 15) is 0 Å². The average Bonchev–Trinajstić information content (AvgIpc) is 2.49. The van der Waals surface area contributed by atoms with Crippen LogP contribution in [0.5, 0.6) is 0 Å². The predicted octanol–water partition coefficient (Wildman–Crippen LogP) is 3.07. The molecule has 0 fully saturated rings. The molecule has 2 N–H and O–H groups in total. The Bertz CT molecular complexity index is 650. The van der Waals surface area contributed by atoms with Gasteiger partial charge in [-0.25, -0.2) is 0 Å². The van der Waals surface area contributed by atoms with E-state index in [2.05, 4.69) is 22.8 Å². The van der Waals surface area contributed by atoms with Gasteiger partial charge in [0.2, 0.25) is 0 Å². The van der Waals surface area contributed by atoms with Crippen molar-refractivity contribution in [1.82, 2.24) is 0 Å². The predicted molar refractivity (Wildman–Crippen MR) is 84.7 cm³/mol. The molecule has 2 heteroatoms. The van der Waals surface area contributed by atoms with E-state index in [1.165, 1.54) is 11.3 Å². The van der Waals surface area contributed by atoms with Crippen LogP contribution in [0.2, 0.25) is 0 Å². The number of nitrogens with two attached hydrogens (primary N) is 1. The van der Waals surface area contributed by atoms with Gasteiger partial charge in [0, 0.05) is 23.5 Å². The fourth-order valence-electron chi connectivity index (χ4n) is 2.65. The fraction of sp³-hybridized carbons (Fsp3) is 0.222. The van der Waals surface area contributed by atoms with Crippen LogP contribution in [0.15, 0.2) is 48.5 Å². The number of benzene rings is 2. The number of rotatable bonds is 1. The molecule has 0 bridgehead atoms. The Hall–Kier alpha value is -2.40. The lowest BCUT2D eigenvalue weighted by Crippen LogP contribution is -2.30. The molecule has 3 rings (SSSR count). The van der Waals surface area contributed by atoms with Gasteiger partial charge >= 0.3 is 0 Å². The highest BCUT2D eigenvalue weighted by atomic mass is 15.1. The summed E-state index contributed by atoms with van der Waals surface area (Å²) < 4.78 is 0. The number of hydrogen-bond acceptors (Lipinski definition) is 2. The maximum absolute atomic E-state index is 6.06. The lowest BCUT2D eigenvalue weighted by Gasteiger charge is -2.30. The monoisotopic (exact) mass is 262 g/mol. The molecule has 0 saturated heterocycles. The minimum atomic E-state index is 0.755. The Morgan fingerprint density at radius 1 is 1.05 bits per heavy atom. The number of fused-ring (bicyclic) bond motifs is 1. The van der Waals surface area contributed by atoms with Crippen molar-refractivity contribution in [3.8, 4) is 11.8 Å². The van der Waals surface area contributed by atoms with Gasteiger partial charge < -0.3 is 10.6 Å². The summed E-state index contributed by atoms with van der Waals surface area (Å²) >= 11 is 0. The van der Waals surface area contributed by atoms with Crippen LogP contribution in [0.1, 0.15) is 17.5 Å². The van der Waals surface area contributed by atoms with Crippen molar-refractivity contribution in [1.29, 1.82) is 0 Å². The van der Waals surface area contributed by atoms with E-state index in [-0.39, 0.29) is 0 Å². The van der Waals surface area contributed by atoms with E-state index < -0.39 is 0 Å². The summed E-state index contributed by atoms with van der Waals surface area (Å²) in [5.41, 5.74) is 10.6. The van der Waals surface area contributed by atoms with Gasteiger partial charge in [0.05, 0.1) is 6.54 Å². The van der Waals surface area contributed by atoms with Crippen LogP contribution >= 0.6 is 0 Å². The van der Waals surface area contributed by atoms with E-state index >= 15 is 0 Å². The zero-order chi connectivity index (χ0) is 13.8. The molecule has 20 heavy (non-hydrogen) atoms. The van der Waals surface area contributed by atoms with Crippen molar-refractivity contribution in [3.05, 3.63) is 59.7 Å². The second-order valence-electron chi connectivity index (χ2n) is 5.04. The fourth-order valence-corrected chi connectivity index (χ4v) is 2.65.